The summed E-state index contributed by atoms with van der Waals surface area (Å²) in [5.74, 6) is -0.243. The van der Waals surface area contributed by atoms with Crippen molar-refractivity contribution >= 4 is 16.0 Å². The van der Waals surface area contributed by atoms with Crippen molar-refractivity contribution in [2.45, 2.75) is 24.3 Å². The maximum absolute atomic E-state index is 12.6. The molecule has 1 aromatic carbocycles. The molecule has 0 bridgehead atoms. The van der Waals surface area contributed by atoms with E-state index in [4.69, 9.17) is 4.74 Å². The zero-order chi connectivity index (χ0) is 17.0. The van der Waals surface area contributed by atoms with E-state index in [9.17, 15) is 13.2 Å². The largest absolute Gasteiger partial charge is 0.495 e. The molecule has 128 valence electrons. The molecule has 1 aliphatic heterocycles. The van der Waals surface area contributed by atoms with Crippen molar-refractivity contribution in [2.24, 2.45) is 5.92 Å². The lowest BCUT2D eigenvalue weighted by atomic mass is 9.97. The maximum atomic E-state index is 12.6. The number of methoxy groups -OCH3 is 2. The number of piperidine rings is 1. The Labute approximate surface area is 136 Å². The van der Waals surface area contributed by atoms with Crippen molar-refractivity contribution in [1.82, 2.24) is 10.0 Å². The zero-order valence-corrected chi connectivity index (χ0v) is 14.3. The van der Waals surface area contributed by atoms with Gasteiger partial charge >= 0.3 is 5.97 Å². The molecule has 1 saturated heterocycles. The highest BCUT2D eigenvalue weighted by atomic mass is 32.2. The summed E-state index contributed by atoms with van der Waals surface area (Å²) in [6, 6.07) is 4.01. The molecule has 23 heavy (non-hydrogen) atoms. The molecule has 2 unspecified atom stereocenters. The Kier molecular flexibility index (Phi) is 5.61. The Morgan fingerprint density at radius 3 is 2.70 bits per heavy atom. The SMILES string of the molecule is COC(=O)c1ccc(S(=O)(=O)NC2CCNCC2C)c(OC)c1. The van der Waals surface area contributed by atoms with Gasteiger partial charge in [-0.15, -0.1) is 0 Å². The number of hydrogen-bond donors (Lipinski definition) is 2. The van der Waals surface area contributed by atoms with Crippen LogP contribution in [-0.2, 0) is 14.8 Å². The number of sulfonamides is 1. The third-order valence-corrected chi connectivity index (χ3v) is 5.50. The third kappa shape index (κ3) is 4.01. The highest BCUT2D eigenvalue weighted by molar-refractivity contribution is 7.89. The molecular formula is C15H22N2O5S. The minimum atomic E-state index is -3.74. The third-order valence-electron chi connectivity index (χ3n) is 3.97. The van der Waals surface area contributed by atoms with Crippen LogP contribution in [-0.4, -0.2) is 47.7 Å². The van der Waals surface area contributed by atoms with E-state index in [-0.39, 0.29) is 28.2 Å². The molecule has 1 heterocycles. The Hall–Kier alpha value is -1.64. The zero-order valence-electron chi connectivity index (χ0n) is 13.5. The summed E-state index contributed by atoms with van der Waals surface area (Å²) in [7, 11) is -1.11. The lowest BCUT2D eigenvalue weighted by Crippen LogP contribution is -2.48. The lowest BCUT2D eigenvalue weighted by Gasteiger charge is -2.30. The number of esters is 1. The van der Waals surface area contributed by atoms with E-state index >= 15 is 0 Å². The Balaban J connectivity index is 2.29. The van der Waals surface area contributed by atoms with Crippen LogP contribution in [0.1, 0.15) is 23.7 Å². The van der Waals surface area contributed by atoms with Crippen LogP contribution in [0.15, 0.2) is 23.1 Å². The van der Waals surface area contributed by atoms with Gasteiger partial charge in [-0.1, -0.05) is 6.92 Å². The van der Waals surface area contributed by atoms with E-state index in [1.807, 2.05) is 6.92 Å². The first-order valence-corrected chi connectivity index (χ1v) is 8.86. The highest BCUT2D eigenvalue weighted by Gasteiger charge is 2.28. The molecule has 0 spiro atoms. The van der Waals surface area contributed by atoms with Crippen molar-refractivity contribution in [3.8, 4) is 5.75 Å². The molecule has 0 aliphatic carbocycles. The molecule has 1 aromatic rings. The van der Waals surface area contributed by atoms with Crippen molar-refractivity contribution in [3.63, 3.8) is 0 Å². The van der Waals surface area contributed by atoms with E-state index in [2.05, 4.69) is 14.8 Å². The summed E-state index contributed by atoms with van der Waals surface area (Å²) < 4.78 is 37.8. The Morgan fingerprint density at radius 2 is 2.09 bits per heavy atom. The summed E-state index contributed by atoms with van der Waals surface area (Å²) in [5.41, 5.74) is 0.235. The first-order valence-electron chi connectivity index (χ1n) is 7.38. The van der Waals surface area contributed by atoms with Crippen molar-refractivity contribution in [3.05, 3.63) is 23.8 Å². The molecule has 2 N–H and O–H groups in total. The fraction of sp³-hybridized carbons (Fsp3) is 0.533. The second-order valence-electron chi connectivity index (χ2n) is 5.56. The van der Waals surface area contributed by atoms with Crippen LogP contribution in [0.3, 0.4) is 0 Å². The Morgan fingerprint density at radius 1 is 1.35 bits per heavy atom. The first-order chi connectivity index (χ1) is 10.9. The van der Waals surface area contributed by atoms with Gasteiger partial charge in [-0.2, -0.15) is 0 Å². The normalized spacial score (nSPS) is 21.7. The minimum absolute atomic E-state index is 0.0124. The van der Waals surface area contributed by atoms with Gasteiger partial charge in [0.25, 0.3) is 0 Å². The van der Waals surface area contributed by atoms with Gasteiger partial charge in [0.1, 0.15) is 10.6 Å². The monoisotopic (exact) mass is 342 g/mol. The topological polar surface area (TPSA) is 93.7 Å². The van der Waals surface area contributed by atoms with Crippen LogP contribution in [0, 0.1) is 5.92 Å². The van der Waals surface area contributed by atoms with E-state index in [0.29, 0.717) is 0 Å². The second kappa shape index (κ2) is 7.29. The van der Waals surface area contributed by atoms with E-state index in [1.165, 1.54) is 32.4 Å². The van der Waals surface area contributed by atoms with Crippen LogP contribution in [0.4, 0.5) is 0 Å². The fourth-order valence-electron chi connectivity index (χ4n) is 2.59. The molecule has 1 aliphatic rings. The Bertz CT molecular complexity index is 674. The van der Waals surface area contributed by atoms with E-state index in [1.54, 1.807) is 0 Å². The predicted octanol–water partition coefficient (Wildman–Crippen LogP) is 0.758. The average molecular weight is 342 g/mol. The average Bonchev–Trinajstić information content (AvgIpc) is 2.55. The maximum Gasteiger partial charge on any atom is 0.337 e. The molecule has 2 atom stereocenters. The first kappa shape index (κ1) is 17.7. The number of nitrogens with one attached hydrogen (secondary N) is 2. The predicted molar refractivity (Wildman–Crippen MR) is 85.1 cm³/mol. The molecule has 0 aromatic heterocycles. The van der Waals surface area contributed by atoms with Crippen molar-refractivity contribution in [2.75, 3.05) is 27.3 Å². The van der Waals surface area contributed by atoms with E-state index < -0.39 is 16.0 Å². The quantitative estimate of drug-likeness (QED) is 0.767. The number of carbonyl (C=O) groups is 1. The van der Waals surface area contributed by atoms with E-state index in [0.717, 1.165) is 19.5 Å². The van der Waals surface area contributed by atoms with Crippen LogP contribution >= 0.6 is 0 Å². The van der Waals surface area contributed by atoms with Crippen LogP contribution < -0.4 is 14.8 Å². The van der Waals surface area contributed by atoms with Gasteiger partial charge in [-0.25, -0.2) is 17.9 Å². The van der Waals surface area contributed by atoms with Gasteiger partial charge in [0.15, 0.2) is 0 Å². The number of carbonyl (C=O) groups excluding carboxylic acids is 1. The molecule has 0 amide bonds. The molecule has 7 nitrogen and oxygen atoms in total. The van der Waals surface area contributed by atoms with Gasteiger partial charge in [0.2, 0.25) is 10.0 Å². The molecule has 0 saturated carbocycles. The van der Waals surface area contributed by atoms with Gasteiger partial charge in [0, 0.05) is 6.04 Å². The number of hydrogen-bond acceptors (Lipinski definition) is 6. The van der Waals surface area contributed by atoms with Gasteiger partial charge in [0.05, 0.1) is 19.8 Å². The molecule has 0 radical (unpaired) electrons. The van der Waals surface area contributed by atoms with Crippen LogP contribution in [0.5, 0.6) is 5.75 Å². The number of ether oxygens (including phenoxy) is 2. The second-order valence-corrected chi connectivity index (χ2v) is 7.24. The number of rotatable bonds is 5. The fourth-order valence-corrected chi connectivity index (χ4v) is 4.12. The smallest absolute Gasteiger partial charge is 0.337 e. The molecule has 1 fully saturated rings. The van der Waals surface area contributed by atoms with Crippen molar-refractivity contribution < 1.29 is 22.7 Å². The van der Waals surface area contributed by atoms with Gasteiger partial charge < -0.3 is 14.8 Å². The number of benzene rings is 1. The standard InChI is InChI=1S/C15H22N2O5S/c1-10-9-16-7-6-12(10)17-23(19,20)14-5-4-11(15(18)22-3)8-13(14)21-2/h4-5,8,10,12,16-17H,6-7,9H2,1-3H3. The van der Waals surface area contributed by atoms with Gasteiger partial charge in [-0.3, -0.25) is 0 Å². The summed E-state index contributed by atoms with van der Waals surface area (Å²) in [4.78, 5) is 11.6. The molecule has 2 rings (SSSR count). The molecular weight excluding hydrogens is 320 g/mol. The summed E-state index contributed by atoms with van der Waals surface area (Å²) in [6.07, 6.45) is 0.725. The lowest BCUT2D eigenvalue weighted by molar-refractivity contribution is 0.0600. The minimum Gasteiger partial charge on any atom is -0.495 e. The summed E-state index contributed by atoms with van der Waals surface area (Å²) >= 11 is 0. The summed E-state index contributed by atoms with van der Waals surface area (Å²) in [5, 5.41) is 3.23. The van der Waals surface area contributed by atoms with Gasteiger partial charge in [-0.05, 0) is 43.6 Å². The van der Waals surface area contributed by atoms with Crippen molar-refractivity contribution in [1.29, 1.82) is 0 Å². The van der Waals surface area contributed by atoms with Crippen LogP contribution in [0.25, 0.3) is 0 Å². The van der Waals surface area contributed by atoms with Crippen LogP contribution in [0.2, 0.25) is 0 Å². The highest BCUT2D eigenvalue weighted by Crippen LogP contribution is 2.26. The molecule has 8 heteroatoms. The summed E-state index contributed by atoms with van der Waals surface area (Å²) in [6.45, 7) is 3.54.